The summed E-state index contributed by atoms with van der Waals surface area (Å²) in [7, 11) is 0. The van der Waals surface area contributed by atoms with E-state index >= 15 is 0 Å². The molecule has 4 nitrogen and oxygen atoms in total. The normalized spacial score (nSPS) is 34.9. The standard InChI is InChI=1S/C21H26N2O2Se/c1-21-9-8-16-15-5-3-14(24)10-13(15)2-4-17(16)18(21)6-7-19(21)23-20(25)11-26-12-22/h3,5,10,16-19,24H,2,4,6-9,11H2,1H3,(H,23,25)/t16-,17-,18+,19?,21+/m1/s1. The van der Waals surface area contributed by atoms with E-state index in [1.54, 1.807) is 0 Å². The molecule has 4 rings (SSSR count). The summed E-state index contributed by atoms with van der Waals surface area (Å²) in [5.41, 5.74) is 2.96. The molecule has 26 heavy (non-hydrogen) atoms. The molecule has 0 heterocycles. The van der Waals surface area contributed by atoms with Crippen molar-refractivity contribution in [3.63, 3.8) is 0 Å². The van der Waals surface area contributed by atoms with Gasteiger partial charge in [-0.2, -0.15) is 0 Å². The average molecular weight is 417 g/mol. The zero-order valence-corrected chi connectivity index (χ0v) is 16.9. The van der Waals surface area contributed by atoms with Gasteiger partial charge in [0.25, 0.3) is 0 Å². The molecular formula is C21H26N2O2Se. The fourth-order valence-corrected chi connectivity index (χ4v) is 6.73. The van der Waals surface area contributed by atoms with Crippen molar-refractivity contribution in [2.45, 2.75) is 62.7 Å². The summed E-state index contributed by atoms with van der Waals surface area (Å²) in [6.07, 6.45) is 6.83. The predicted molar refractivity (Wildman–Crippen MR) is 101 cm³/mol. The van der Waals surface area contributed by atoms with E-state index in [1.807, 2.05) is 12.1 Å². The van der Waals surface area contributed by atoms with Crippen LogP contribution in [0.1, 0.15) is 56.1 Å². The van der Waals surface area contributed by atoms with Crippen LogP contribution in [-0.4, -0.2) is 32.0 Å². The first-order valence-corrected chi connectivity index (χ1v) is 11.7. The summed E-state index contributed by atoms with van der Waals surface area (Å²) in [6, 6.07) is 6.19. The Kier molecular flexibility index (Phi) is 4.75. The Morgan fingerprint density at radius 2 is 2.23 bits per heavy atom. The van der Waals surface area contributed by atoms with Gasteiger partial charge in [-0.1, -0.05) is 0 Å². The van der Waals surface area contributed by atoms with Crippen molar-refractivity contribution < 1.29 is 9.90 Å². The number of benzene rings is 1. The topological polar surface area (TPSA) is 73.1 Å². The molecule has 0 saturated heterocycles. The Morgan fingerprint density at radius 1 is 1.38 bits per heavy atom. The predicted octanol–water partition coefficient (Wildman–Crippen LogP) is 3.34. The number of carbonyl (C=O) groups excluding carboxylic acids is 1. The zero-order chi connectivity index (χ0) is 18.3. The van der Waals surface area contributed by atoms with E-state index < -0.39 is 0 Å². The Hall–Kier alpha value is -1.50. The number of nitriles is 1. The minimum absolute atomic E-state index is 0.0602. The van der Waals surface area contributed by atoms with Gasteiger partial charge in [0, 0.05) is 0 Å². The first-order valence-electron chi connectivity index (χ1n) is 9.65. The van der Waals surface area contributed by atoms with Crippen molar-refractivity contribution in [1.29, 1.82) is 5.26 Å². The van der Waals surface area contributed by atoms with Crippen LogP contribution in [0.25, 0.3) is 0 Å². The molecule has 138 valence electrons. The molecule has 2 saturated carbocycles. The quantitative estimate of drug-likeness (QED) is 0.741. The minimum atomic E-state index is -0.237. The van der Waals surface area contributed by atoms with Crippen LogP contribution in [-0.2, 0) is 11.2 Å². The number of phenolic OH excluding ortho intramolecular Hbond substituents is 1. The molecule has 2 fully saturated rings. The maximum absolute atomic E-state index is 12.2. The van der Waals surface area contributed by atoms with E-state index in [1.165, 1.54) is 30.4 Å². The van der Waals surface area contributed by atoms with Gasteiger partial charge in [-0.3, -0.25) is 0 Å². The van der Waals surface area contributed by atoms with Crippen LogP contribution in [0, 0.1) is 27.5 Å². The SMILES string of the molecule is C[C@]12CC[C@@H]3c4ccc(O)cc4CC[C@H]3[C@@H]1CCC2NC(=O)C[Se]C#N. The van der Waals surface area contributed by atoms with Crippen molar-refractivity contribution in [2.24, 2.45) is 17.3 Å². The summed E-state index contributed by atoms with van der Waals surface area (Å²) in [4.78, 5) is 14.3. The van der Waals surface area contributed by atoms with Gasteiger partial charge in [-0.15, -0.1) is 0 Å². The first kappa shape index (κ1) is 17.9. The van der Waals surface area contributed by atoms with Gasteiger partial charge in [-0.25, -0.2) is 0 Å². The van der Waals surface area contributed by atoms with E-state index in [4.69, 9.17) is 5.26 Å². The molecule has 3 aliphatic carbocycles. The van der Waals surface area contributed by atoms with Crippen LogP contribution < -0.4 is 5.32 Å². The third kappa shape index (κ3) is 2.94. The van der Waals surface area contributed by atoms with Crippen LogP contribution in [0.4, 0.5) is 0 Å². The number of amides is 1. The number of fused-ring (bicyclic) bond motifs is 5. The van der Waals surface area contributed by atoms with E-state index in [2.05, 4.69) is 23.3 Å². The van der Waals surface area contributed by atoms with Crippen molar-refractivity contribution in [3.05, 3.63) is 29.3 Å². The molecule has 1 amide bonds. The number of hydrogen-bond donors (Lipinski definition) is 2. The van der Waals surface area contributed by atoms with E-state index in [0.717, 1.165) is 19.3 Å². The van der Waals surface area contributed by atoms with Gasteiger partial charge in [0.2, 0.25) is 0 Å². The second-order valence-corrected chi connectivity index (χ2v) is 10.0. The number of carbonyl (C=O) groups is 1. The molecule has 1 aromatic carbocycles. The Balaban J connectivity index is 1.52. The molecule has 0 bridgehead atoms. The Labute approximate surface area is 161 Å². The summed E-state index contributed by atoms with van der Waals surface area (Å²) >= 11 is -0.237. The number of nitrogens with zero attached hydrogens (tertiary/aromatic N) is 1. The molecule has 2 N–H and O–H groups in total. The molecule has 1 unspecified atom stereocenters. The number of hydrogen-bond acceptors (Lipinski definition) is 3. The summed E-state index contributed by atoms with van der Waals surface area (Å²) in [6.45, 7) is 2.38. The molecule has 0 spiro atoms. The van der Waals surface area contributed by atoms with Crippen molar-refractivity contribution in [3.8, 4) is 10.7 Å². The van der Waals surface area contributed by atoms with Crippen LogP contribution in [0.15, 0.2) is 18.2 Å². The van der Waals surface area contributed by atoms with Crippen LogP contribution in [0.3, 0.4) is 0 Å². The van der Waals surface area contributed by atoms with Crippen LogP contribution >= 0.6 is 0 Å². The zero-order valence-electron chi connectivity index (χ0n) is 15.2. The molecular weight excluding hydrogens is 391 g/mol. The number of rotatable bonds is 3. The summed E-state index contributed by atoms with van der Waals surface area (Å²) in [5.74, 6) is 2.40. The van der Waals surface area contributed by atoms with Crippen molar-refractivity contribution in [2.75, 3.05) is 0 Å². The second-order valence-electron chi connectivity index (χ2n) is 8.42. The fourth-order valence-electron chi connectivity index (χ4n) is 6.14. The molecule has 0 aliphatic heterocycles. The Bertz CT molecular complexity index is 759. The first-order chi connectivity index (χ1) is 12.5. The second kappa shape index (κ2) is 6.91. The summed E-state index contributed by atoms with van der Waals surface area (Å²) in [5, 5.41) is 22.2. The number of aromatic hydroxyl groups is 1. The number of phenols is 1. The summed E-state index contributed by atoms with van der Waals surface area (Å²) < 4.78 is 0. The number of nitrogens with one attached hydrogen (secondary N) is 1. The fraction of sp³-hybridized carbons (Fsp3) is 0.619. The van der Waals surface area contributed by atoms with Crippen molar-refractivity contribution >= 4 is 20.9 Å². The van der Waals surface area contributed by atoms with Gasteiger partial charge in [-0.05, 0) is 0 Å². The molecule has 5 heteroatoms. The molecule has 1 aromatic rings. The third-order valence-electron chi connectivity index (χ3n) is 7.31. The number of aryl methyl sites for hydroxylation is 1. The van der Waals surface area contributed by atoms with E-state index in [-0.39, 0.29) is 32.3 Å². The molecule has 0 radical (unpaired) electrons. The van der Waals surface area contributed by atoms with Crippen molar-refractivity contribution in [1.82, 2.24) is 5.32 Å². The molecule has 5 atom stereocenters. The average Bonchev–Trinajstić information content (AvgIpc) is 2.96. The maximum atomic E-state index is 12.2. The van der Waals surface area contributed by atoms with Gasteiger partial charge >= 0.3 is 156 Å². The van der Waals surface area contributed by atoms with Gasteiger partial charge in [0.1, 0.15) is 0 Å². The van der Waals surface area contributed by atoms with Crippen LogP contribution in [0.5, 0.6) is 5.75 Å². The van der Waals surface area contributed by atoms with Gasteiger partial charge in [0.15, 0.2) is 0 Å². The van der Waals surface area contributed by atoms with E-state index in [9.17, 15) is 9.90 Å². The molecule has 0 aromatic heterocycles. The van der Waals surface area contributed by atoms with E-state index in [0.29, 0.717) is 28.8 Å². The third-order valence-corrected chi connectivity index (χ3v) is 8.44. The molecule has 3 aliphatic rings. The van der Waals surface area contributed by atoms with Gasteiger partial charge in [0.05, 0.1) is 0 Å². The van der Waals surface area contributed by atoms with Gasteiger partial charge < -0.3 is 5.11 Å². The monoisotopic (exact) mass is 418 g/mol. The van der Waals surface area contributed by atoms with Crippen LogP contribution in [0.2, 0.25) is 5.32 Å². The Morgan fingerprint density at radius 3 is 3.04 bits per heavy atom.